The maximum atomic E-state index is 11.8. The maximum absolute atomic E-state index is 11.8. The fraction of sp³-hybridized carbons (Fsp3) is 0.154. The summed E-state index contributed by atoms with van der Waals surface area (Å²) in [5, 5.41) is 5.28. The van der Waals surface area contributed by atoms with Gasteiger partial charge in [-0.15, -0.1) is 0 Å². The van der Waals surface area contributed by atoms with Crippen molar-refractivity contribution >= 4 is 17.4 Å². The number of hydrogen-bond acceptors (Lipinski definition) is 5. The number of benzene rings is 1. The highest BCUT2D eigenvalue weighted by atomic mass is 16.5. The van der Waals surface area contributed by atoms with E-state index in [4.69, 9.17) is 9.47 Å². The van der Waals surface area contributed by atoms with Gasteiger partial charge in [-0.05, 0) is 12.1 Å². The van der Waals surface area contributed by atoms with Gasteiger partial charge in [0.1, 0.15) is 5.75 Å². The van der Waals surface area contributed by atoms with E-state index in [9.17, 15) is 4.79 Å². The Morgan fingerprint density at radius 3 is 2.40 bits per heavy atom. The van der Waals surface area contributed by atoms with Crippen LogP contribution in [0.15, 0.2) is 36.7 Å². The van der Waals surface area contributed by atoms with Crippen LogP contribution in [0.3, 0.4) is 0 Å². The monoisotopic (exact) mass is 274 g/mol. The first-order valence-corrected chi connectivity index (χ1v) is 5.79. The lowest BCUT2D eigenvalue weighted by molar-refractivity contribution is 0.262. The summed E-state index contributed by atoms with van der Waals surface area (Å²) in [6.45, 7) is 0. The minimum Gasteiger partial charge on any atom is -0.497 e. The zero-order valence-electron chi connectivity index (χ0n) is 11.1. The number of carbonyl (C=O) groups excluding carboxylic acids is 1. The number of nitrogens with one attached hydrogen (secondary N) is 2. The summed E-state index contributed by atoms with van der Waals surface area (Å²) in [6.07, 6.45) is 2.91. The number of carbonyl (C=O) groups is 1. The highest BCUT2D eigenvalue weighted by Gasteiger charge is 2.04. The lowest BCUT2D eigenvalue weighted by Gasteiger charge is -2.08. The van der Waals surface area contributed by atoms with Gasteiger partial charge in [0.05, 0.1) is 32.3 Å². The van der Waals surface area contributed by atoms with Gasteiger partial charge in [-0.25, -0.2) is 14.8 Å². The van der Waals surface area contributed by atoms with Crippen LogP contribution in [0.1, 0.15) is 0 Å². The smallest absolute Gasteiger partial charge is 0.323 e. The van der Waals surface area contributed by atoms with Crippen molar-refractivity contribution in [2.45, 2.75) is 0 Å². The number of methoxy groups -OCH3 is 2. The average Bonchev–Trinajstić information content (AvgIpc) is 2.48. The third kappa shape index (κ3) is 3.58. The molecule has 0 fully saturated rings. The molecule has 7 heteroatoms. The molecule has 0 saturated heterocycles. The third-order valence-electron chi connectivity index (χ3n) is 2.40. The zero-order valence-corrected chi connectivity index (χ0v) is 11.1. The van der Waals surface area contributed by atoms with E-state index in [1.807, 2.05) is 0 Å². The molecule has 2 rings (SSSR count). The number of aromatic nitrogens is 2. The molecule has 1 aromatic carbocycles. The molecule has 0 radical (unpaired) electrons. The van der Waals surface area contributed by atoms with Gasteiger partial charge in [-0.2, -0.15) is 0 Å². The van der Waals surface area contributed by atoms with Crippen molar-refractivity contribution in [3.63, 3.8) is 0 Å². The van der Waals surface area contributed by atoms with E-state index >= 15 is 0 Å². The van der Waals surface area contributed by atoms with E-state index in [0.717, 1.165) is 0 Å². The van der Waals surface area contributed by atoms with E-state index in [-0.39, 0.29) is 6.01 Å². The molecule has 2 amide bonds. The zero-order chi connectivity index (χ0) is 14.4. The second kappa shape index (κ2) is 6.37. The highest BCUT2D eigenvalue weighted by molar-refractivity contribution is 5.99. The molecule has 0 unspecified atom stereocenters. The highest BCUT2D eigenvalue weighted by Crippen LogP contribution is 2.17. The fourth-order valence-electron chi connectivity index (χ4n) is 1.48. The van der Waals surface area contributed by atoms with Gasteiger partial charge >= 0.3 is 12.0 Å². The van der Waals surface area contributed by atoms with E-state index in [1.165, 1.54) is 19.5 Å². The van der Waals surface area contributed by atoms with Crippen LogP contribution >= 0.6 is 0 Å². The molecule has 2 N–H and O–H groups in total. The molecule has 7 nitrogen and oxygen atoms in total. The molecule has 0 saturated carbocycles. The van der Waals surface area contributed by atoms with Crippen LogP contribution in [0, 0.1) is 0 Å². The predicted molar refractivity (Wildman–Crippen MR) is 74.2 cm³/mol. The normalized spacial score (nSPS) is 9.70. The first-order valence-electron chi connectivity index (χ1n) is 5.79. The quantitative estimate of drug-likeness (QED) is 0.892. The van der Waals surface area contributed by atoms with Crippen molar-refractivity contribution in [1.82, 2.24) is 9.97 Å². The first kappa shape index (κ1) is 13.6. The van der Waals surface area contributed by atoms with E-state index in [1.54, 1.807) is 31.4 Å². The second-order valence-electron chi connectivity index (χ2n) is 3.77. The largest absolute Gasteiger partial charge is 0.497 e. The molecule has 0 bridgehead atoms. The van der Waals surface area contributed by atoms with E-state index in [2.05, 4.69) is 20.6 Å². The number of rotatable bonds is 4. The van der Waals surface area contributed by atoms with Crippen molar-refractivity contribution in [3.05, 3.63) is 36.7 Å². The molecular formula is C13H14N4O3. The van der Waals surface area contributed by atoms with E-state index < -0.39 is 6.03 Å². The summed E-state index contributed by atoms with van der Waals surface area (Å²) >= 11 is 0. The maximum Gasteiger partial charge on any atom is 0.323 e. The number of urea groups is 1. The van der Waals surface area contributed by atoms with Crippen LogP contribution < -0.4 is 20.1 Å². The molecule has 0 aliphatic heterocycles. The number of hydrogen-bond donors (Lipinski definition) is 2. The molecule has 104 valence electrons. The molecular weight excluding hydrogens is 260 g/mol. The molecule has 2 aromatic rings. The van der Waals surface area contributed by atoms with Gasteiger partial charge in [0.2, 0.25) is 0 Å². The molecule has 20 heavy (non-hydrogen) atoms. The minimum absolute atomic E-state index is 0.240. The predicted octanol–water partition coefficient (Wildman–Crippen LogP) is 2.14. The summed E-state index contributed by atoms with van der Waals surface area (Å²) in [5.74, 6) is 0.663. The summed E-state index contributed by atoms with van der Waals surface area (Å²) in [4.78, 5) is 19.6. The Balaban J connectivity index is 1.97. The summed E-state index contributed by atoms with van der Waals surface area (Å²) < 4.78 is 9.91. The second-order valence-corrected chi connectivity index (χ2v) is 3.77. The van der Waals surface area contributed by atoms with Crippen molar-refractivity contribution in [1.29, 1.82) is 0 Å². The number of amides is 2. The van der Waals surface area contributed by atoms with Gasteiger partial charge < -0.3 is 20.1 Å². The van der Waals surface area contributed by atoms with Crippen LogP contribution in [-0.4, -0.2) is 30.2 Å². The van der Waals surface area contributed by atoms with Gasteiger partial charge in [-0.3, -0.25) is 0 Å². The Hall–Kier alpha value is -2.83. The van der Waals surface area contributed by atoms with Gasteiger partial charge in [0.25, 0.3) is 0 Å². The Bertz CT molecular complexity index is 586. The lowest BCUT2D eigenvalue weighted by Crippen LogP contribution is -2.19. The van der Waals surface area contributed by atoms with Crippen molar-refractivity contribution in [3.8, 4) is 11.8 Å². The van der Waals surface area contributed by atoms with Crippen molar-refractivity contribution in [2.24, 2.45) is 0 Å². The van der Waals surface area contributed by atoms with Crippen LogP contribution in [0.2, 0.25) is 0 Å². The van der Waals surface area contributed by atoms with Crippen LogP contribution in [-0.2, 0) is 0 Å². The first-order chi connectivity index (χ1) is 9.71. The van der Waals surface area contributed by atoms with Crippen molar-refractivity contribution < 1.29 is 14.3 Å². The van der Waals surface area contributed by atoms with E-state index in [0.29, 0.717) is 17.1 Å². The third-order valence-corrected chi connectivity index (χ3v) is 2.40. The molecule has 1 aromatic heterocycles. The summed E-state index contributed by atoms with van der Waals surface area (Å²) in [5.41, 5.74) is 1.09. The van der Waals surface area contributed by atoms with Crippen LogP contribution in [0.5, 0.6) is 11.8 Å². The molecule has 0 aliphatic rings. The molecule has 0 aliphatic carbocycles. The number of ether oxygens (including phenoxy) is 2. The topological polar surface area (TPSA) is 85.4 Å². The summed E-state index contributed by atoms with van der Waals surface area (Å²) in [6, 6.07) is 6.89. The van der Waals surface area contributed by atoms with Crippen LogP contribution in [0.4, 0.5) is 16.2 Å². The Labute approximate surface area is 116 Å². The molecule has 0 spiro atoms. The number of anilines is 2. The standard InChI is InChI=1S/C13H14N4O3/c1-19-11-5-3-4-9(6-11)16-12(18)17-10-7-14-13(20-2)15-8-10/h3-8H,1-2H3,(H2,16,17,18). The Kier molecular flexibility index (Phi) is 4.33. The Morgan fingerprint density at radius 2 is 1.75 bits per heavy atom. The minimum atomic E-state index is -0.396. The Morgan fingerprint density at radius 1 is 1.05 bits per heavy atom. The molecule has 0 atom stereocenters. The van der Waals surface area contributed by atoms with Gasteiger partial charge in [0, 0.05) is 11.8 Å². The lowest BCUT2D eigenvalue weighted by atomic mass is 10.3. The SMILES string of the molecule is COc1cccc(NC(=O)Nc2cnc(OC)nc2)c1. The van der Waals surface area contributed by atoms with Crippen molar-refractivity contribution in [2.75, 3.05) is 24.9 Å². The van der Waals surface area contributed by atoms with Gasteiger partial charge in [0.15, 0.2) is 0 Å². The molecule has 1 heterocycles. The fourth-order valence-corrected chi connectivity index (χ4v) is 1.48. The van der Waals surface area contributed by atoms with Crippen LogP contribution in [0.25, 0.3) is 0 Å². The number of nitrogens with zero attached hydrogens (tertiary/aromatic N) is 2. The summed E-state index contributed by atoms with van der Waals surface area (Å²) in [7, 11) is 3.03. The average molecular weight is 274 g/mol. The van der Waals surface area contributed by atoms with Gasteiger partial charge in [-0.1, -0.05) is 6.07 Å².